The summed E-state index contributed by atoms with van der Waals surface area (Å²) in [4.78, 5) is 10.5. The van der Waals surface area contributed by atoms with Crippen LogP contribution in [0, 0.1) is 20.8 Å². The van der Waals surface area contributed by atoms with Crippen molar-refractivity contribution in [3.8, 4) is 5.75 Å². The molecule has 0 aliphatic carbocycles. The molecule has 0 aromatic heterocycles. The smallest absolute Gasteiger partial charge is 0.416 e. The van der Waals surface area contributed by atoms with Gasteiger partial charge in [0, 0.05) is 6.08 Å². The molecule has 0 heterocycles. The Hall–Kier alpha value is -2.24. The zero-order chi connectivity index (χ0) is 17.1. The van der Waals surface area contributed by atoms with E-state index in [2.05, 4.69) is 0 Å². The Bertz CT molecular complexity index is 641. The van der Waals surface area contributed by atoms with Crippen molar-refractivity contribution in [1.29, 1.82) is 0 Å². The van der Waals surface area contributed by atoms with E-state index in [4.69, 9.17) is 9.84 Å². The van der Waals surface area contributed by atoms with Crippen molar-refractivity contribution in [2.24, 2.45) is 0 Å². The van der Waals surface area contributed by atoms with Crippen molar-refractivity contribution >= 4 is 12.0 Å². The monoisotopic (exact) mass is 314 g/mol. The maximum atomic E-state index is 12.8. The molecule has 3 nitrogen and oxygen atoms in total. The maximum Gasteiger partial charge on any atom is 0.416 e. The molecule has 0 amide bonds. The van der Waals surface area contributed by atoms with Crippen LogP contribution in [0.15, 0.2) is 23.8 Å². The van der Waals surface area contributed by atoms with Crippen LogP contribution in [-0.4, -0.2) is 24.4 Å². The third-order valence-electron chi connectivity index (χ3n) is 3.36. The van der Waals surface area contributed by atoms with Gasteiger partial charge in [-0.15, -0.1) is 0 Å². The summed E-state index contributed by atoms with van der Waals surface area (Å²) >= 11 is 0. The number of ether oxygens (including phenoxy) is 1. The van der Waals surface area contributed by atoms with Crippen LogP contribution in [0.25, 0.3) is 6.08 Å². The van der Waals surface area contributed by atoms with E-state index in [0.717, 1.165) is 22.8 Å². The van der Waals surface area contributed by atoms with Gasteiger partial charge in [-0.2, -0.15) is 13.2 Å². The molecule has 1 aromatic carbocycles. The van der Waals surface area contributed by atoms with Crippen molar-refractivity contribution < 1.29 is 27.8 Å². The summed E-state index contributed by atoms with van der Waals surface area (Å²) in [6, 6.07) is 1.73. The molecule has 1 rings (SSSR count). The molecule has 0 saturated heterocycles. The van der Waals surface area contributed by atoms with E-state index < -0.39 is 17.7 Å². The first-order valence-electron chi connectivity index (χ1n) is 6.42. The lowest BCUT2D eigenvalue weighted by Gasteiger charge is -2.14. The maximum absolute atomic E-state index is 12.8. The number of methoxy groups -OCH3 is 1. The number of rotatable bonds is 4. The first kappa shape index (κ1) is 17.8. The average molecular weight is 314 g/mol. The first-order chi connectivity index (χ1) is 10.1. The average Bonchev–Trinajstić information content (AvgIpc) is 2.39. The fourth-order valence-corrected chi connectivity index (χ4v) is 2.06. The van der Waals surface area contributed by atoms with Gasteiger partial charge in [0.2, 0.25) is 0 Å². The van der Waals surface area contributed by atoms with E-state index in [1.807, 2.05) is 6.92 Å². The molecule has 0 unspecified atom stereocenters. The Labute approximate surface area is 126 Å². The fourth-order valence-electron chi connectivity index (χ4n) is 2.06. The molecule has 0 spiro atoms. The predicted octanol–water partition coefficient (Wildman–Crippen LogP) is 4.21. The van der Waals surface area contributed by atoms with Gasteiger partial charge in [-0.05, 0) is 55.2 Å². The van der Waals surface area contributed by atoms with Gasteiger partial charge in [0.25, 0.3) is 0 Å². The molecule has 0 saturated carbocycles. The molecular weight excluding hydrogens is 297 g/mol. The molecule has 0 aliphatic heterocycles. The number of carboxylic acid groups (broad SMARTS) is 1. The van der Waals surface area contributed by atoms with Crippen molar-refractivity contribution in [1.82, 2.24) is 0 Å². The highest BCUT2D eigenvalue weighted by Gasteiger charge is 2.32. The molecule has 0 radical (unpaired) electrons. The highest BCUT2D eigenvalue weighted by Crippen LogP contribution is 2.31. The molecule has 22 heavy (non-hydrogen) atoms. The van der Waals surface area contributed by atoms with Crippen molar-refractivity contribution in [3.05, 3.63) is 46.0 Å². The molecule has 120 valence electrons. The summed E-state index contributed by atoms with van der Waals surface area (Å²) < 4.78 is 43.5. The number of carbonyl (C=O) groups is 1. The lowest BCUT2D eigenvalue weighted by molar-refractivity contribution is -0.132. The van der Waals surface area contributed by atoms with E-state index in [1.165, 1.54) is 13.2 Å². The molecule has 0 fully saturated rings. The third-order valence-corrected chi connectivity index (χ3v) is 3.36. The summed E-state index contributed by atoms with van der Waals surface area (Å²) in [6.07, 6.45) is -2.52. The zero-order valence-electron chi connectivity index (χ0n) is 12.7. The van der Waals surface area contributed by atoms with Gasteiger partial charge in [-0.25, -0.2) is 4.79 Å². The molecule has 6 heteroatoms. The normalized spacial score (nSPS) is 12.8. The molecule has 0 aliphatic rings. The summed E-state index contributed by atoms with van der Waals surface area (Å²) in [7, 11) is 1.52. The number of hydrogen-bond donors (Lipinski definition) is 1. The number of aryl methyl sites for hydroxylation is 1. The van der Waals surface area contributed by atoms with Crippen molar-refractivity contribution in [2.45, 2.75) is 26.9 Å². The predicted molar refractivity (Wildman–Crippen MR) is 78.0 cm³/mol. The number of halogens is 3. The van der Waals surface area contributed by atoms with Crippen LogP contribution in [0.1, 0.15) is 22.3 Å². The van der Waals surface area contributed by atoms with Crippen LogP contribution in [0.3, 0.4) is 0 Å². The molecule has 0 atom stereocenters. The second-order valence-electron chi connectivity index (χ2n) is 4.83. The Morgan fingerprint density at radius 2 is 1.82 bits per heavy atom. The summed E-state index contributed by atoms with van der Waals surface area (Å²) in [5.74, 6) is -0.986. The number of carboxylic acids is 1. The van der Waals surface area contributed by atoms with Gasteiger partial charge in [-0.1, -0.05) is 6.08 Å². The number of hydrogen-bond acceptors (Lipinski definition) is 2. The first-order valence-corrected chi connectivity index (χ1v) is 6.42. The lowest BCUT2D eigenvalue weighted by Crippen LogP contribution is -2.11. The van der Waals surface area contributed by atoms with Gasteiger partial charge < -0.3 is 9.84 Å². The van der Waals surface area contributed by atoms with Gasteiger partial charge in [0.15, 0.2) is 0 Å². The minimum absolute atomic E-state index is 0.150. The Balaban J connectivity index is 3.34. The van der Waals surface area contributed by atoms with Crippen LogP contribution < -0.4 is 4.74 Å². The SMILES string of the molecule is COc1cc(C)c(/C=C/C(=C/C(=O)O)C(F)(F)F)c(C)c1C. The number of allylic oxidation sites excluding steroid dienone is 2. The van der Waals surface area contributed by atoms with Crippen LogP contribution in [0.2, 0.25) is 0 Å². The van der Waals surface area contributed by atoms with Gasteiger partial charge >= 0.3 is 12.1 Å². The second-order valence-corrected chi connectivity index (χ2v) is 4.83. The van der Waals surface area contributed by atoms with Crippen molar-refractivity contribution in [2.75, 3.05) is 7.11 Å². The molecule has 1 N–H and O–H groups in total. The second kappa shape index (κ2) is 6.68. The molecular formula is C16H17F3O3. The Morgan fingerprint density at radius 1 is 1.23 bits per heavy atom. The highest BCUT2D eigenvalue weighted by molar-refractivity contribution is 5.82. The number of alkyl halides is 3. The summed E-state index contributed by atoms with van der Waals surface area (Å²) in [5.41, 5.74) is 1.74. The number of aliphatic carboxylic acids is 1. The standard InChI is InChI=1S/C16H17F3O3/c1-9-7-14(22-4)11(3)10(2)13(9)6-5-12(8-15(20)21)16(17,18)19/h5-8H,1-4H3,(H,20,21)/b6-5+,12-8-. The van der Waals surface area contributed by atoms with Gasteiger partial charge in [0.1, 0.15) is 5.75 Å². The van der Waals surface area contributed by atoms with E-state index in [0.29, 0.717) is 11.3 Å². The summed E-state index contributed by atoms with van der Waals surface area (Å²) in [5, 5.41) is 8.54. The van der Waals surface area contributed by atoms with Crippen LogP contribution >= 0.6 is 0 Å². The zero-order valence-corrected chi connectivity index (χ0v) is 12.7. The molecule has 1 aromatic rings. The molecule has 0 bridgehead atoms. The third kappa shape index (κ3) is 4.13. The lowest BCUT2D eigenvalue weighted by atomic mass is 9.96. The van der Waals surface area contributed by atoms with E-state index >= 15 is 0 Å². The van der Waals surface area contributed by atoms with E-state index in [9.17, 15) is 18.0 Å². The van der Waals surface area contributed by atoms with Crippen molar-refractivity contribution in [3.63, 3.8) is 0 Å². The van der Waals surface area contributed by atoms with E-state index in [-0.39, 0.29) is 6.08 Å². The topological polar surface area (TPSA) is 46.5 Å². The van der Waals surface area contributed by atoms with Gasteiger partial charge in [-0.3, -0.25) is 0 Å². The number of benzene rings is 1. The van der Waals surface area contributed by atoms with E-state index in [1.54, 1.807) is 19.9 Å². The Kier molecular flexibility index (Phi) is 5.41. The largest absolute Gasteiger partial charge is 0.496 e. The fraction of sp³-hybridized carbons (Fsp3) is 0.312. The Morgan fingerprint density at radius 3 is 2.27 bits per heavy atom. The van der Waals surface area contributed by atoms with Crippen LogP contribution in [-0.2, 0) is 4.79 Å². The quantitative estimate of drug-likeness (QED) is 0.669. The van der Waals surface area contributed by atoms with Crippen LogP contribution in [0.5, 0.6) is 5.75 Å². The minimum atomic E-state index is -4.72. The highest BCUT2D eigenvalue weighted by atomic mass is 19.4. The van der Waals surface area contributed by atoms with Gasteiger partial charge in [0.05, 0.1) is 12.7 Å². The minimum Gasteiger partial charge on any atom is -0.496 e. The van der Waals surface area contributed by atoms with Crippen LogP contribution in [0.4, 0.5) is 13.2 Å². The summed E-state index contributed by atoms with van der Waals surface area (Å²) in [6.45, 7) is 5.34.